The minimum Gasteiger partial charge on any atom is -0.462 e. The van der Waals surface area contributed by atoms with Crippen LogP contribution in [0.25, 0.3) is 5.64 Å². The van der Waals surface area contributed by atoms with Crippen LogP contribution in [0, 0.1) is 0 Å². The third kappa shape index (κ3) is 2.64. The molecular weight excluding hydrogens is 130 g/mol. The molecule has 0 heterocycles. The third-order valence-corrected chi connectivity index (χ3v) is 1.68. The lowest BCUT2D eigenvalue weighted by molar-refractivity contribution is -0.000569. The zero-order valence-corrected chi connectivity index (χ0v) is 6.38. The Morgan fingerprint density at radius 2 is 2.10 bits per heavy atom. The molecule has 1 fully saturated rings. The fraction of sp³-hybridized carbons (Fsp3) is 1.00. The summed E-state index contributed by atoms with van der Waals surface area (Å²) in [6, 6.07) is 0. The maximum absolute atomic E-state index is 5.05. The molecule has 10 heavy (non-hydrogen) atoms. The van der Waals surface area contributed by atoms with Gasteiger partial charge in [-0.1, -0.05) is 12.8 Å². The summed E-state index contributed by atoms with van der Waals surface area (Å²) in [5.41, 5.74) is 3.47. The van der Waals surface area contributed by atoms with Gasteiger partial charge in [-0.25, -0.2) is 0 Å². The van der Waals surface area contributed by atoms with Gasteiger partial charge in [0.15, 0.2) is 0 Å². The Balaban J connectivity index is 1.91. The Morgan fingerprint density at radius 3 is 2.70 bits per heavy atom. The van der Waals surface area contributed by atoms with Crippen molar-refractivity contribution >= 4 is 0 Å². The standard InChI is InChI=1S/C7H14NO2/c1-2-9-8-10-7-5-3-4-6-7/h7H,2-6H2,1H3/q-1. The topological polar surface area (TPSA) is 32.6 Å². The summed E-state index contributed by atoms with van der Waals surface area (Å²) < 4.78 is 0. The molecular formula is C7H14NO2-. The molecule has 0 radical (unpaired) electrons. The predicted octanol–water partition coefficient (Wildman–Crippen LogP) is 2.19. The fourth-order valence-corrected chi connectivity index (χ4v) is 1.14. The molecule has 0 spiro atoms. The van der Waals surface area contributed by atoms with E-state index in [1.807, 2.05) is 6.92 Å². The van der Waals surface area contributed by atoms with Crippen LogP contribution in [0.1, 0.15) is 32.6 Å². The highest BCUT2D eigenvalue weighted by Gasteiger charge is 2.11. The Bertz CT molecular complexity index is 81.7. The second kappa shape index (κ2) is 4.66. The summed E-state index contributed by atoms with van der Waals surface area (Å²) in [5.74, 6) is 0. The van der Waals surface area contributed by atoms with Crippen molar-refractivity contribution in [2.45, 2.75) is 38.7 Å². The van der Waals surface area contributed by atoms with E-state index in [0.717, 1.165) is 12.8 Å². The second-order valence-electron chi connectivity index (χ2n) is 2.50. The van der Waals surface area contributed by atoms with Crippen molar-refractivity contribution in [3.8, 4) is 0 Å². The molecule has 0 N–H and O–H groups in total. The predicted molar refractivity (Wildman–Crippen MR) is 38.3 cm³/mol. The smallest absolute Gasteiger partial charge is 0.0381 e. The van der Waals surface area contributed by atoms with Crippen LogP contribution in [0.15, 0.2) is 0 Å². The van der Waals surface area contributed by atoms with E-state index in [2.05, 4.69) is 5.64 Å². The fourth-order valence-electron chi connectivity index (χ4n) is 1.14. The Morgan fingerprint density at radius 1 is 1.40 bits per heavy atom. The van der Waals surface area contributed by atoms with E-state index < -0.39 is 0 Å². The maximum Gasteiger partial charge on any atom is 0.0381 e. The largest absolute Gasteiger partial charge is 0.462 e. The van der Waals surface area contributed by atoms with Gasteiger partial charge in [0.05, 0.1) is 0 Å². The molecule has 60 valence electrons. The van der Waals surface area contributed by atoms with Gasteiger partial charge in [-0.05, 0) is 19.8 Å². The summed E-state index contributed by atoms with van der Waals surface area (Å²) in [4.78, 5) is 9.74. The van der Waals surface area contributed by atoms with Crippen molar-refractivity contribution in [1.29, 1.82) is 0 Å². The Labute approximate surface area is 61.6 Å². The average molecular weight is 144 g/mol. The van der Waals surface area contributed by atoms with Gasteiger partial charge in [-0.3, -0.25) is 0 Å². The first-order valence-corrected chi connectivity index (χ1v) is 3.91. The minimum absolute atomic E-state index is 0.326. The molecule has 0 atom stereocenters. The molecule has 1 rings (SSSR count). The lowest BCUT2D eigenvalue weighted by atomic mass is 10.3. The summed E-state index contributed by atoms with van der Waals surface area (Å²) in [5, 5.41) is 0. The Hall–Kier alpha value is -0.120. The van der Waals surface area contributed by atoms with Crippen LogP contribution < -0.4 is 0 Å². The SMILES string of the molecule is CCO[N-]OC1CCCC1. The first-order chi connectivity index (χ1) is 4.93. The van der Waals surface area contributed by atoms with E-state index >= 15 is 0 Å². The van der Waals surface area contributed by atoms with Gasteiger partial charge in [0.1, 0.15) is 0 Å². The lowest BCUT2D eigenvalue weighted by Gasteiger charge is -2.24. The molecule has 0 amide bonds. The summed E-state index contributed by atoms with van der Waals surface area (Å²) in [6.07, 6.45) is 5.14. The monoisotopic (exact) mass is 144 g/mol. The van der Waals surface area contributed by atoms with Crippen molar-refractivity contribution < 1.29 is 9.68 Å². The normalized spacial score (nSPS) is 20.1. The molecule has 0 unspecified atom stereocenters. The molecule has 1 saturated carbocycles. The van der Waals surface area contributed by atoms with Gasteiger partial charge in [0, 0.05) is 12.7 Å². The van der Waals surface area contributed by atoms with Crippen LogP contribution in [0.2, 0.25) is 0 Å². The summed E-state index contributed by atoms with van der Waals surface area (Å²) in [7, 11) is 0. The van der Waals surface area contributed by atoms with E-state index in [1.54, 1.807) is 0 Å². The van der Waals surface area contributed by atoms with Crippen molar-refractivity contribution in [1.82, 2.24) is 0 Å². The maximum atomic E-state index is 5.05. The first kappa shape index (κ1) is 7.98. The van der Waals surface area contributed by atoms with Crippen LogP contribution >= 0.6 is 0 Å². The van der Waals surface area contributed by atoms with Crippen LogP contribution in [0.3, 0.4) is 0 Å². The van der Waals surface area contributed by atoms with Crippen molar-refractivity contribution in [3.63, 3.8) is 0 Å². The first-order valence-electron chi connectivity index (χ1n) is 3.91. The van der Waals surface area contributed by atoms with Gasteiger partial charge in [-0.15, -0.1) is 0 Å². The molecule has 1 aliphatic rings. The third-order valence-electron chi connectivity index (χ3n) is 1.68. The van der Waals surface area contributed by atoms with Gasteiger partial charge in [0.25, 0.3) is 0 Å². The highest BCUT2D eigenvalue weighted by molar-refractivity contribution is 4.67. The lowest BCUT2D eigenvalue weighted by Crippen LogP contribution is -2.04. The molecule has 0 aromatic heterocycles. The highest BCUT2D eigenvalue weighted by atomic mass is 16.9. The van der Waals surface area contributed by atoms with Gasteiger partial charge >= 0.3 is 0 Å². The van der Waals surface area contributed by atoms with E-state index in [4.69, 9.17) is 9.68 Å². The molecule has 3 heteroatoms. The van der Waals surface area contributed by atoms with Gasteiger partial charge in [0.2, 0.25) is 0 Å². The summed E-state index contributed by atoms with van der Waals surface area (Å²) in [6.45, 7) is 2.48. The van der Waals surface area contributed by atoms with Crippen LogP contribution in [0.4, 0.5) is 0 Å². The second-order valence-corrected chi connectivity index (χ2v) is 2.50. The molecule has 0 saturated heterocycles. The zero-order valence-electron chi connectivity index (χ0n) is 6.38. The van der Waals surface area contributed by atoms with E-state index in [1.165, 1.54) is 12.8 Å². The van der Waals surface area contributed by atoms with E-state index in [0.29, 0.717) is 12.7 Å². The number of hydrogen-bond donors (Lipinski definition) is 0. The molecule has 0 bridgehead atoms. The highest BCUT2D eigenvalue weighted by Crippen LogP contribution is 2.22. The average Bonchev–Trinajstić information content (AvgIpc) is 2.41. The minimum atomic E-state index is 0.326. The molecule has 1 aliphatic carbocycles. The number of rotatable bonds is 4. The molecule has 0 aliphatic heterocycles. The van der Waals surface area contributed by atoms with Crippen LogP contribution in [-0.4, -0.2) is 12.7 Å². The van der Waals surface area contributed by atoms with E-state index in [-0.39, 0.29) is 0 Å². The summed E-state index contributed by atoms with van der Waals surface area (Å²) >= 11 is 0. The van der Waals surface area contributed by atoms with Gasteiger partial charge < -0.3 is 15.3 Å². The van der Waals surface area contributed by atoms with E-state index in [9.17, 15) is 0 Å². The van der Waals surface area contributed by atoms with Crippen LogP contribution in [-0.2, 0) is 9.68 Å². The Kier molecular flexibility index (Phi) is 3.72. The van der Waals surface area contributed by atoms with Crippen molar-refractivity contribution in [2.75, 3.05) is 6.61 Å². The van der Waals surface area contributed by atoms with Gasteiger partial charge in [-0.2, -0.15) is 0 Å². The zero-order chi connectivity index (χ0) is 7.23. The molecule has 3 nitrogen and oxygen atoms in total. The van der Waals surface area contributed by atoms with Crippen LogP contribution in [0.5, 0.6) is 0 Å². The van der Waals surface area contributed by atoms with Crippen molar-refractivity contribution in [2.24, 2.45) is 0 Å². The molecule has 0 aromatic rings. The quantitative estimate of drug-likeness (QED) is 0.447. The molecule has 0 aromatic carbocycles. The van der Waals surface area contributed by atoms with Crippen molar-refractivity contribution in [3.05, 3.63) is 5.64 Å². The number of hydrogen-bond acceptors (Lipinski definition) is 2. The number of nitrogens with zero attached hydrogens (tertiary/aromatic N) is 1.